The molecule has 0 aliphatic carbocycles. The summed E-state index contributed by atoms with van der Waals surface area (Å²) in [6.07, 6.45) is -3.58. The average Bonchev–Trinajstić information content (AvgIpc) is 2.25. The van der Waals surface area contributed by atoms with E-state index in [4.69, 9.17) is 5.14 Å². The lowest BCUT2D eigenvalue weighted by Gasteiger charge is -2.11. The van der Waals surface area contributed by atoms with Gasteiger partial charge in [-0.05, 0) is 15.9 Å². The van der Waals surface area contributed by atoms with Crippen LogP contribution < -0.4 is 16.0 Å². The SMILES string of the molecule is NS(=O)(=O)CCNc1cnn(CC(F)(F)F)c(=O)c1Br. The van der Waals surface area contributed by atoms with Crippen LogP contribution in [-0.2, 0) is 16.6 Å². The maximum absolute atomic E-state index is 12.2. The molecule has 20 heavy (non-hydrogen) atoms. The van der Waals surface area contributed by atoms with Crippen LogP contribution in [0, 0.1) is 0 Å². The Bertz CT molecular complexity index is 643. The molecule has 0 aromatic carbocycles. The van der Waals surface area contributed by atoms with Crippen LogP contribution in [0.3, 0.4) is 0 Å². The number of primary sulfonamides is 1. The Morgan fingerprint density at radius 3 is 2.55 bits per heavy atom. The van der Waals surface area contributed by atoms with Crippen molar-refractivity contribution in [1.29, 1.82) is 0 Å². The van der Waals surface area contributed by atoms with Gasteiger partial charge in [0.25, 0.3) is 5.56 Å². The molecule has 0 atom stereocenters. The third-order valence-electron chi connectivity index (χ3n) is 2.02. The molecule has 1 heterocycles. The zero-order chi connectivity index (χ0) is 15.6. The fourth-order valence-corrected chi connectivity index (χ4v) is 2.03. The molecule has 0 radical (unpaired) electrons. The van der Waals surface area contributed by atoms with E-state index in [2.05, 4.69) is 26.3 Å². The summed E-state index contributed by atoms with van der Waals surface area (Å²) in [5.41, 5.74) is -0.903. The lowest BCUT2D eigenvalue weighted by molar-refractivity contribution is -0.143. The zero-order valence-electron chi connectivity index (χ0n) is 9.82. The van der Waals surface area contributed by atoms with Gasteiger partial charge in [-0.2, -0.15) is 18.3 Å². The zero-order valence-corrected chi connectivity index (χ0v) is 12.2. The van der Waals surface area contributed by atoms with E-state index in [0.717, 1.165) is 6.20 Å². The Morgan fingerprint density at radius 1 is 1.45 bits per heavy atom. The van der Waals surface area contributed by atoms with Gasteiger partial charge in [0.05, 0.1) is 17.6 Å². The Labute approximate surface area is 120 Å². The molecule has 0 bridgehead atoms. The van der Waals surface area contributed by atoms with Gasteiger partial charge in [0, 0.05) is 6.54 Å². The Morgan fingerprint density at radius 2 is 2.05 bits per heavy atom. The molecule has 0 spiro atoms. The molecular formula is C8H10BrF3N4O3S. The van der Waals surface area contributed by atoms with E-state index in [0.29, 0.717) is 0 Å². The van der Waals surface area contributed by atoms with Gasteiger partial charge in [-0.15, -0.1) is 0 Å². The van der Waals surface area contributed by atoms with Gasteiger partial charge < -0.3 is 5.32 Å². The quantitative estimate of drug-likeness (QED) is 0.764. The second-order valence-corrected chi connectivity index (χ2v) is 6.27. The molecule has 12 heteroatoms. The highest BCUT2D eigenvalue weighted by molar-refractivity contribution is 9.10. The number of hydrogen-bond acceptors (Lipinski definition) is 5. The molecule has 0 amide bonds. The topological polar surface area (TPSA) is 107 Å². The van der Waals surface area contributed by atoms with E-state index in [1.165, 1.54) is 0 Å². The van der Waals surface area contributed by atoms with Crippen LogP contribution in [0.5, 0.6) is 0 Å². The second kappa shape index (κ2) is 6.10. The number of nitrogens with two attached hydrogens (primary N) is 1. The third-order valence-corrected chi connectivity index (χ3v) is 3.56. The van der Waals surface area contributed by atoms with Gasteiger partial charge in [-0.25, -0.2) is 18.2 Å². The smallest absolute Gasteiger partial charge is 0.382 e. The van der Waals surface area contributed by atoms with E-state index in [1.54, 1.807) is 0 Å². The molecule has 3 N–H and O–H groups in total. The van der Waals surface area contributed by atoms with Crippen LogP contribution in [0.4, 0.5) is 18.9 Å². The molecule has 0 unspecified atom stereocenters. The number of halogens is 4. The maximum atomic E-state index is 12.2. The summed E-state index contributed by atoms with van der Waals surface area (Å²) in [6.45, 7) is -1.62. The summed E-state index contributed by atoms with van der Waals surface area (Å²) in [7, 11) is -3.68. The Kier molecular flexibility index (Phi) is 5.15. The van der Waals surface area contributed by atoms with Gasteiger partial charge in [0.1, 0.15) is 11.0 Å². The predicted octanol–water partition coefficient (Wildman–Crippen LogP) is 0.268. The molecule has 1 rings (SSSR count). The van der Waals surface area contributed by atoms with Gasteiger partial charge in [0.2, 0.25) is 10.0 Å². The highest BCUT2D eigenvalue weighted by atomic mass is 79.9. The van der Waals surface area contributed by atoms with Crippen LogP contribution in [0.1, 0.15) is 0 Å². The minimum Gasteiger partial charge on any atom is -0.382 e. The fraction of sp³-hybridized carbons (Fsp3) is 0.500. The van der Waals surface area contributed by atoms with Gasteiger partial charge in [0.15, 0.2) is 0 Å². The Balaban J connectivity index is 2.87. The number of alkyl halides is 3. The molecule has 1 aromatic rings. The lowest BCUT2D eigenvalue weighted by Crippen LogP contribution is -2.31. The van der Waals surface area contributed by atoms with E-state index < -0.39 is 34.1 Å². The molecule has 7 nitrogen and oxygen atoms in total. The number of nitrogens with one attached hydrogen (secondary N) is 1. The number of sulfonamides is 1. The first-order valence-electron chi connectivity index (χ1n) is 5.06. The lowest BCUT2D eigenvalue weighted by atomic mass is 10.4. The molecule has 0 saturated carbocycles. The summed E-state index contributed by atoms with van der Waals surface area (Å²) in [6, 6.07) is 0. The maximum Gasteiger partial charge on any atom is 0.408 e. The molecule has 0 aliphatic rings. The summed E-state index contributed by atoms with van der Waals surface area (Å²) < 4.78 is 58.0. The summed E-state index contributed by atoms with van der Waals surface area (Å²) in [5.74, 6) is -0.398. The van der Waals surface area contributed by atoms with Crippen LogP contribution in [0.2, 0.25) is 0 Å². The number of rotatable bonds is 5. The normalized spacial score (nSPS) is 12.4. The fourth-order valence-electron chi connectivity index (χ4n) is 1.20. The number of hydrogen-bond donors (Lipinski definition) is 2. The average molecular weight is 379 g/mol. The van der Waals surface area contributed by atoms with Crippen molar-refractivity contribution < 1.29 is 21.6 Å². The standard InChI is InChI=1S/C8H10BrF3N4O3S/c9-6-5(14-1-2-20(13,18)19)3-15-16(7(6)17)4-8(10,11)12/h3,14H,1-2,4H2,(H2,13,18,19). The minimum absolute atomic E-state index is 0.0806. The third kappa shape index (κ3) is 5.46. The van der Waals surface area contributed by atoms with Crippen molar-refractivity contribution in [1.82, 2.24) is 9.78 Å². The summed E-state index contributed by atoms with van der Waals surface area (Å²) >= 11 is 2.84. The number of aromatic nitrogens is 2. The second-order valence-electron chi connectivity index (χ2n) is 3.74. The summed E-state index contributed by atoms with van der Waals surface area (Å²) in [4.78, 5) is 11.6. The molecule has 0 aliphatic heterocycles. The van der Waals surface area contributed by atoms with E-state index in [1.807, 2.05) is 0 Å². The molecule has 0 saturated heterocycles. The van der Waals surface area contributed by atoms with Crippen molar-refractivity contribution >= 4 is 31.6 Å². The van der Waals surface area contributed by atoms with Crippen LogP contribution in [0.25, 0.3) is 0 Å². The number of anilines is 1. The first kappa shape index (κ1) is 16.9. The minimum atomic E-state index is -4.57. The van der Waals surface area contributed by atoms with Gasteiger partial charge in [-0.1, -0.05) is 0 Å². The molecular weight excluding hydrogens is 369 g/mol. The van der Waals surface area contributed by atoms with Crippen molar-refractivity contribution in [2.45, 2.75) is 12.7 Å². The number of nitrogens with zero attached hydrogens (tertiary/aromatic N) is 2. The molecule has 0 fully saturated rings. The first-order chi connectivity index (χ1) is 8.99. The van der Waals surface area contributed by atoms with Crippen molar-refractivity contribution in [3.05, 3.63) is 21.0 Å². The predicted molar refractivity (Wildman–Crippen MR) is 68.7 cm³/mol. The van der Waals surface area contributed by atoms with Crippen LogP contribution >= 0.6 is 15.9 Å². The monoisotopic (exact) mass is 378 g/mol. The summed E-state index contributed by atoms with van der Waals surface area (Å²) in [5, 5.41) is 10.7. The molecule has 1 aromatic heterocycles. The highest BCUT2D eigenvalue weighted by Gasteiger charge is 2.29. The first-order valence-corrected chi connectivity index (χ1v) is 7.57. The van der Waals surface area contributed by atoms with E-state index >= 15 is 0 Å². The molecule has 114 valence electrons. The van der Waals surface area contributed by atoms with Crippen molar-refractivity contribution in [3.63, 3.8) is 0 Å². The van der Waals surface area contributed by atoms with Crippen molar-refractivity contribution in [3.8, 4) is 0 Å². The highest BCUT2D eigenvalue weighted by Crippen LogP contribution is 2.19. The van der Waals surface area contributed by atoms with E-state index in [-0.39, 0.29) is 21.4 Å². The van der Waals surface area contributed by atoms with Gasteiger partial charge in [-0.3, -0.25) is 4.79 Å². The van der Waals surface area contributed by atoms with Crippen LogP contribution in [0.15, 0.2) is 15.5 Å². The van der Waals surface area contributed by atoms with Crippen LogP contribution in [-0.4, -0.2) is 36.7 Å². The van der Waals surface area contributed by atoms with Gasteiger partial charge >= 0.3 is 6.18 Å². The Hall–Kier alpha value is -1.14. The van der Waals surface area contributed by atoms with E-state index in [9.17, 15) is 26.4 Å². The van der Waals surface area contributed by atoms with Crippen molar-refractivity contribution in [2.75, 3.05) is 17.6 Å². The largest absolute Gasteiger partial charge is 0.408 e. The van der Waals surface area contributed by atoms with Crippen molar-refractivity contribution in [2.24, 2.45) is 5.14 Å².